The van der Waals surface area contributed by atoms with E-state index < -0.39 is 0 Å². The Balaban J connectivity index is 1.73. The topological polar surface area (TPSA) is 84.6 Å². The third kappa shape index (κ3) is 5.74. The van der Waals surface area contributed by atoms with Gasteiger partial charge in [-0.25, -0.2) is 14.4 Å². The fraction of sp³-hybridized carbons (Fsp3) is 0.414. The minimum Gasteiger partial charge on any atom is -0.488 e. The van der Waals surface area contributed by atoms with Crippen LogP contribution in [0.2, 0.25) is 0 Å². The van der Waals surface area contributed by atoms with E-state index in [0.29, 0.717) is 36.8 Å². The Hall–Kier alpha value is -3.52. The molecule has 7 nitrogen and oxygen atoms in total. The van der Waals surface area contributed by atoms with Gasteiger partial charge in [0.2, 0.25) is 5.91 Å². The fourth-order valence-corrected chi connectivity index (χ4v) is 4.97. The Kier molecular flexibility index (Phi) is 7.78. The number of anilines is 1. The molecule has 37 heavy (non-hydrogen) atoms. The Bertz CT molecular complexity index is 1310. The minimum atomic E-state index is -0.324. The Morgan fingerprint density at radius 2 is 1.76 bits per heavy atom. The van der Waals surface area contributed by atoms with Crippen molar-refractivity contribution in [1.29, 1.82) is 0 Å². The van der Waals surface area contributed by atoms with Crippen LogP contribution in [0.5, 0.6) is 5.75 Å². The van der Waals surface area contributed by atoms with Crippen molar-refractivity contribution in [3.8, 4) is 17.1 Å². The first-order valence-corrected chi connectivity index (χ1v) is 12.7. The van der Waals surface area contributed by atoms with Gasteiger partial charge in [0.15, 0.2) is 5.82 Å². The highest BCUT2D eigenvalue weighted by atomic mass is 19.1. The van der Waals surface area contributed by atoms with Crippen LogP contribution in [0, 0.1) is 40.4 Å². The summed E-state index contributed by atoms with van der Waals surface area (Å²) in [5, 5.41) is 0. The molecule has 1 amide bonds. The third-order valence-electron chi connectivity index (χ3n) is 7.15. The summed E-state index contributed by atoms with van der Waals surface area (Å²) in [6.07, 6.45) is 0. The molecule has 1 aliphatic heterocycles. The monoisotopic (exact) mass is 505 g/mol. The van der Waals surface area contributed by atoms with Crippen LogP contribution in [0.1, 0.15) is 40.4 Å². The summed E-state index contributed by atoms with van der Waals surface area (Å²) in [4.78, 5) is 25.9. The predicted octanol–water partition coefficient (Wildman–Crippen LogP) is 4.40. The molecule has 196 valence electrons. The van der Waals surface area contributed by atoms with Crippen LogP contribution in [0.25, 0.3) is 11.4 Å². The summed E-state index contributed by atoms with van der Waals surface area (Å²) in [5.41, 5.74) is 11.7. The van der Waals surface area contributed by atoms with Gasteiger partial charge in [-0.3, -0.25) is 9.69 Å². The minimum absolute atomic E-state index is 0.121. The molecule has 0 bridgehead atoms. The van der Waals surface area contributed by atoms with Gasteiger partial charge in [0.25, 0.3) is 0 Å². The number of nitrogens with zero attached hydrogens (tertiary/aromatic N) is 4. The molecule has 8 heteroatoms. The maximum atomic E-state index is 14.0. The van der Waals surface area contributed by atoms with Crippen molar-refractivity contribution in [3.63, 3.8) is 0 Å². The molecule has 1 atom stereocenters. The number of aryl methyl sites for hydroxylation is 5. The van der Waals surface area contributed by atoms with Gasteiger partial charge in [0.05, 0.1) is 17.8 Å². The lowest BCUT2D eigenvalue weighted by atomic mass is 10.0. The van der Waals surface area contributed by atoms with E-state index in [2.05, 4.69) is 42.7 Å². The number of benzene rings is 2. The zero-order valence-corrected chi connectivity index (χ0v) is 22.6. The number of carbonyl (C=O) groups excluding carboxylic acids is 1. The Labute approximate surface area is 218 Å². The highest BCUT2D eigenvalue weighted by Crippen LogP contribution is 2.32. The summed E-state index contributed by atoms with van der Waals surface area (Å²) in [7, 11) is 0. The highest BCUT2D eigenvalue weighted by molar-refractivity contribution is 5.76. The van der Waals surface area contributed by atoms with Crippen molar-refractivity contribution in [2.75, 3.05) is 31.1 Å². The van der Waals surface area contributed by atoms with Gasteiger partial charge in [0, 0.05) is 31.2 Å². The smallest absolute Gasteiger partial charge is 0.231 e. The summed E-state index contributed by atoms with van der Waals surface area (Å²) in [5.74, 6) is 1.59. The molecule has 0 spiro atoms. The van der Waals surface area contributed by atoms with E-state index in [1.165, 1.54) is 6.07 Å². The van der Waals surface area contributed by atoms with Crippen LogP contribution in [-0.2, 0) is 11.4 Å². The number of hydrogen-bond acceptors (Lipinski definition) is 6. The molecular formula is C29H36FN5O2. The molecule has 0 aliphatic carbocycles. The number of aromatic nitrogens is 2. The van der Waals surface area contributed by atoms with Crippen molar-refractivity contribution in [1.82, 2.24) is 14.9 Å². The zero-order chi connectivity index (χ0) is 26.9. The predicted molar refractivity (Wildman–Crippen MR) is 144 cm³/mol. The summed E-state index contributed by atoms with van der Waals surface area (Å²) < 4.78 is 20.2. The number of primary amides is 1. The Morgan fingerprint density at radius 1 is 1.05 bits per heavy atom. The number of nitrogens with two attached hydrogens (primary N) is 1. The molecule has 1 saturated heterocycles. The fourth-order valence-electron chi connectivity index (χ4n) is 4.97. The number of piperazine rings is 1. The lowest BCUT2D eigenvalue weighted by Crippen LogP contribution is -2.54. The first-order chi connectivity index (χ1) is 17.5. The number of hydrogen-bond donors (Lipinski definition) is 1. The van der Waals surface area contributed by atoms with E-state index >= 15 is 0 Å². The molecule has 4 rings (SSSR count). The molecule has 1 aliphatic rings. The molecular weight excluding hydrogens is 469 g/mol. The second-order valence-corrected chi connectivity index (χ2v) is 10.1. The average Bonchev–Trinajstić information content (AvgIpc) is 2.82. The molecule has 1 aromatic heterocycles. The SMILES string of the molecule is Cc1cc(OCc2c(C)nc(-c3c(C)cccc3C)nc2N2CCN(CC(N)=O)C(C)C2)c(C)cc1F. The van der Waals surface area contributed by atoms with Crippen LogP contribution in [0.4, 0.5) is 10.2 Å². The quantitative estimate of drug-likeness (QED) is 0.512. The molecule has 0 radical (unpaired) electrons. The molecule has 1 unspecified atom stereocenters. The van der Waals surface area contributed by atoms with Gasteiger partial charge in [-0.2, -0.15) is 0 Å². The van der Waals surface area contributed by atoms with Crippen LogP contribution < -0.4 is 15.4 Å². The summed E-state index contributed by atoms with van der Waals surface area (Å²) in [6.45, 7) is 14.4. The number of carbonyl (C=O) groups is 1. The maximum absolute atomic E-state index is 14.0. The van der Waals surface area contributed by atoms with Crippen LogP contribution in [0.15, 0.2) is 30.3 Å². The second-order valence-electron chi connectivity index (χ2n) is 10.1. The zero-order valence-electron chi connectivity index (χ0n) is 22.6. The molecule has 2 heterocycles. The number of ether oxygens (including phenoxy) is 1. The first kappa shape index (κ1) is 26.5. The Morgan fingerprint density at radius 3 is 2.41 bits per heavy atom. The van der Waals surface area contributed by atoms with E-state index in [0.717, 1.165) is 39.3 Å². The third-order valence-corrected chi connectivity index (χ3v) is 7.15. The van der Waals surface area contributed by atoms with Crippen LogP contribution >= 0.6 is 0 Å². The van der Waals surface area contributed by atoms with Crippen molar-refractivity contribution in [3.05, 3.63) is 69.7 Å². The van der Waals surface area contributed by atoms with Crippen molar-refractivity contribution in [2.45, 2.75) is 54.2 Å². The maximum Gasteiger partial charge on any atom is 0.231 e. The second kappa shape index (κ2) is 10.8. The first-order valence-electron chi connectivity index (χ1n) is 12.7. The summed E-state index contributed by atoms with van der Waals surface area (Å²) in [6, 6.07) is 9.53. The van der Waals surface area contributed by atoms with Gasteiger partial charge in [-0.15, -0.1) is 0 Å². The van der Waals surface area contributed by atoms with Gasteiger partial charge in [0.1, 0.15) is 24.0 Å². The average molecular weight is 506 g/mol. The van der Waals surface area contributed by atoms with Crippen molar-refractivity contribution < 1.29 is 13.9 Å². The van der Waals surface area contributed by atoms with Crippen molar-refractivity contribution >= 4 is 11.7 Å². The molecule has 3 aromatic rings. The van der Waals surface area contributed by atoms with Gasteiger partial charge >= 0.3 is 0 Å². The van der Waals surface area contributed by atoms with E-state index in [9.17, 15) is 9.18 Å². The normalized spacial score (nSPS) is 16.2. The number of amides is 1. The lowest BCUT2D eigenvalue weighted by Gasteiger charge is -2.40. The van der Waals surface area contributed by atoms with E-state index in [1.54, 1.807) is 13.0 Å². The lowest BCUT2D eigenvalue weighted by molar-refractivity contribution is -0.119. The van der Waals surface area contributed by atoms with Gasteiger partial charge < -0.3 is 15.4 Å². The largest absolute Gasteiger partial charge is 0.488 e. The molecule has 2 aromatic carbocycles. The van der Waals surface area contributed by atoms with Crippen LogP contribution in [0.3, 0.4) is 0 Å². The number of halogens is 1. The molecule has 0 saturated carbocycles. The van der Waals surface area contributed by atoms with Gasteiger partial charge in [-0.1, -0.05) is 18.2 Å². The van der Waals surface area contributed by atoms with E-state index in [1.807, 2.05) is 19.9 Å². The highest BCUT2D eigenvalue weighted by Gasteiger charge is 2.28. The molecule has 1 fully saturated rings. The standard InChI is InChI=1S/C29H36FN5O2/c1-17-8-7-9-18(2)27(17)28-32-22(6)23(16-37-25-13-19(3)24(30)12-20(25)4)29(33-28)35-11-10-34(15-26(31)36)21(5)14-35/h7-9,12-13,21H,10-11,14-16H2,1-6H3,(H2,31,36). The van der Waals surface area contributed by atoms with Crippen LogP contribution in [-0.4, -0.2) is 53.0 Å². The van der Waals surface area contributed by atoms with E-state index in [-0.39, 0.29) is 30.9 Å². The van der Waals surface area contributed by atoms with E-state index in [4.69, 9.17) is 20.4 Å². The number of rotatable bonds is 7. The van der Waals surface area contributed by atoms with Crippen molar-refractivity contribution in [2.24, 2.45) is 5.73 Å². The summed E-state index contributed by atoms with van der Waals surface area (Å²) >= 11 is 0. The van der Waals surface area contributed by atoms with Gasteiger partial charge in [-0.05, 0) is 75.9 Å². The molecule has 2 N–H and O–H groups in total.